The highest BCUT2D eigenvalue weighted by molar-refractivity contribution is 7.46. The zero-order chi connectivity index (χ0) is 30.8. The maximum Gasteiger partial charge on any atom is 0.344 e. The van der Waals surface area contributed by atoms with E-state index in [1.165, 1.54) is 5.57 Å². The van der Waals surface area contributed by atoms with Crippen LogP contribution in [0.25, 0.3) is 0 Å². The first-order valence-electron chi connectivity index (χ1n) is 16.1. The second kappa shape index (κ2) is 16.2. The molecule has 1 unspecified atom stereocenters. The molecule has 2 aliphatic carbocycles. The number of ether oxygens (including phenoxy) is 1. The fraction of sp³-hybridized carbons (Fsp3) is 0.676. The summed E-state index contributed by atoms with van der Waals surface area (Å²) in [6.07, 6.45) is 13.9. The number of phenols is 1. The second-order valence-electron chi connectivity index (χ2n) is 12.4. The van der Waals surface area contributed by atoms with Crippen molar-refractivity contribution >= 4 is 13.8 Å². The van der Waals surface area contributed by atoms with Crippen molar-refractivity contribution in [2.24, 2.45) is 5.92 Å². The van der Waals surface area contributed by atoms with E-state index in [1.54, 1.807) is 6.07 Å². The molecule has 1 fully saturated rings. The number of unbranched alkanes of at least 4 members (excludes halogenated alkanes) is 5. The fourth-order valence-corrected chi connectivity index (χ4v) is 7.40. The number of rotatable bonds is 16. The number of aromatic hydroxyl groups is 1. The molecule has 3 rings (SSSR count). The van der Waals surface area contributed by atoms with Crippen LogP contribution in [0.1, 0.15) is 135 Å². The summed E-state index contributed by atoms with van der Waals surface area (Å²) in [6.45, 7) is 12.5. The van der Waals surface area contributed by atoms with Crippen LogP contribution in [0.2, 0.25) is 0 Å². The molecule has 0 radical (unpaired) electrons. The zero-order valence-corrected chi connectivity index (χ0v) is 27.1. The lowest BCUT2D eigenvalue weighted by atomic mass is 9.73. The van der Waals surface area contributed by atoms with Crippen molar-refractivity contribution in [3.63, 3.8) is 0 Å². The van der Waals surface area contributed by atoms with E-state index in [9.17, 15) is 19.4 Å². The number of phosphoric ester groups is 1. The first kappa shape index (κ1) is 34.6. The van der Waals surface area contributed by atoms with Gasteiger partial charge in [0.2, 0.25) is 0 Å². The predicted molar refractivity (Wildman–Crippen MR) is 166 cm³/mol. The highest BCUT2D eigenvalue weighted by Gasteiger charge is 2.46. The largest absolute Gasteiger partial charge is 0.756 e. The van der Waals surface area contributed by atoms with Crippen molar-refractivity contribution in [1.29, 1.82) is 0 Å². The Hall–Kier alpha value is -1.92. The van der Waals surface area contributed by atoms with Gasteiger partial charge in [-0.05, 0) is 95.2 Å². The number of phenolic OH excluding ortho intramolecular Hbond substituents is 1. The number of carbonyl (C=O) groups is 1. The minimum Gasteiger partial charge on any atom is -0.756 e. The van der Waals surface area contributed by atoms with Gasteiger partial charge in [-0.3, -0.25) is 9.09 Å². The van der Waals surface area contributed by atoms with Crippen LogP contribution in [0.15, 0.2) is 35.9 Å². The summed E-state index contributed by atoms with van der Waals surface area (Å²) in [5.74, 6) is -0.543. The van der Waals surface area contributed by atoms with Crippen LogP contribution in [-0.2, 0) is 24.8 Å². The molecule has 0 aromatic heterocycles. The average molecular weight is 604 g/mol. The van der Waals surface area contributed by atoms with Crippen LogP contribution in [-0.4, -0.2) is 23.3 Å². The molecule has 2 aliphatic rings. The summed E-state index contributed by atoms with van der Waals surface area (Å²) >= 11 is 0. The zero-order valence-electron chi connectivity index (χ0n) is 26.3. The molecule has 0 saturated heterocycles. The number of carbonyl (C=O) groups excluding carboxylic acids is 1. The van der Waals surface area contributed by atoms with E-state index < -0.39 is 19.4 Å². The van der Waals surface area contributed by atoms with Crippen molar-refractivity contribution in [2.45, 2.75) is 136 Å². The van der Waals surface area contributed by atoms with Crippen LogP contribution in [0, 0.1) is 5.92 Å². The number of hydrogen-bond donors (Lipinski definition) is 1. The number of esters is 1. The van der Waals surface area contributed by atoms with Crippen molar-refractivity contribution in [3.8, 4) is 11.5 Å². The third-order valence-corrected chi connectivity index (χ3v) is 9.80. The lowest BCUT2D eigenvalue weighted by Gasteiger charge is -2.39. The molecule has 7 nitrogen and oxygen atoms in total. The highest BCUT2D eigenvalue weighted by Crippen LogP contribution is 2.50. The standard InChI is InChI=1S/C34H53O7P/c1-6-8-10-15-21-39-42(37,38)41-34(19-13-11-14-20-34)33(36)40-31-24-27(16-12-9-7-2)23-30(35)32(31)29-22-26(5)17-18-28(29)25(3)4/h22-24,28-29,35H,3,6-21H2,1-2,4-5H3,(H,37,38)/p-1/t28-,29+/m0/s1. The summed E-state index contributed by atoms with van der Waals surface area (Å²) < 4.78 is 29.9. The summed E-state index contributed by atoms with van der Waals surface area (Å²) in [5, 5.41) is 11.4. The third-order valence-electron chi connectivity index (χ3n) is 8.73. The van der Waals surface area contributed by atoms with Gasteiger partial charge in [-0.2, -0.15) is 0 Å². The van der Waals surface area contributed by atoms with E-state index >= 15 is 0 Å². The van der Waals surface area contributed by atoms with E-state index in [1.807, 2.05) is 13.0 Å². The van der Waals surface area contributed by atoms with Gasteiger partial charge >= 0.3 is 5.97 Å². The topological polar surface area (TPSA) is 105 Å². The molecule has 0 bridgehead atoms. The molecule has 236 valence electrons. The van der Waals surface area contributed by atoms with Crippen LogP contribution in [0.5, 0.6) is 11.5 Å². The first-order valence-corrected chi connectivity index (χ1v) is 17.5. The molecule has 1 aromatic rings. The van der Waals surface area contributed by atoms with Crippen LogP contribution in [0.4, 0.5) is 0 Å². The lowest BCUT2D eigenvalue weighted by molar-refractivity contribution is -0.240. The van der Waals surface area contributed by atoms with Crippen LogP contribution < -0.4 is 9.63 Å². The van der Waals surface area contributed by atoms with Gasteiger partial charge in [0, 0.05) is 11.5 Å². The molecule has 1 N–H and O–H groups in total. The first-order chi connectivity index (χ1) is 20.0. The van der Waals surface area contributed by atoms with Gasteiger partial charge in [0.05, 0.1) is 6.61 Å². The number of benzene rings is 1. The molecule has 1 aromatic carbocycles. The average Bonchev–Trinajstić information content (AvgIpc) is 2.93. The molecule has 42 heavy (non-hydrogen) atoms. The molecular weight excluding hydrogens is 551 g/mol. The Morgan fingerprint density at radius 2 is 1.79 bits per heavy atom. The second-order valence-corrected chi connectivity index (χ2v) is 13.7. The van der Waals surface area contributed by atoms with E-state index in [4.69, 9.17) is 13.8 Å². The number of aryl methyl sites for hydroxylation is 1. The van der Waals surface area contributed by atoms with E-state index in [0.717, 1.165) is 75.3 Å². The normalized spacial score (nSPS) is 21.8. The molecule has 0 aliphatic heterocycles. The number of allylic oxidation sites excluding steroid dienone is 3. The van der Waals surface area contributed by atoms with Gasteiger partial charge in [-0.15, -0.1) is 0 Å². The lowest BCUT2D eigenvalue weighted by Crippen LogP contribution is -2.46. The van der Waals surface area contributed by atoms with Crippen molar-refractivity contribution in [2.75, 3.05) is 6.61 Å². The van der Waals surface area contributed by atoms with Crippen molar-refractivity contribution in [1.82, 2.24) is 0 Å². The Bertz CT molecular complexity index is 1130. The predicted octanol–water partition coefficient (Wildman–Crippen LogP) is 8.83. The maximum atomic E-state index is 14.0. The van der Waals surface area contributed by atoms with Crippen LogP contribution >= 0.6 is 7.82 Å². The molecule has 0 heterocycles. The van der Waals surface area contributed by atoms with Gasteiger partial charge < -0.3 is 19.3 Å². The molecule has 3 atom stereocenters. The Morgan fingerprint density at radius 1 is 1.10 bits per heavy atom. The monoisotopic (exact) mass is 603 g/mol. The quantitative estimate of drug-likeness (QED) is 0.0661. The van der Waals surface area contributed by atoms with Crippen molar-refractivity contribution in [3.05, 3.63) is 47.1 Å². The molecule has 0 spiro atoms. The minimum absolute atomic E-state index is 0.0272. The van der Waals surface area contributed by atoms with Crippen LogP contribution in [0.3, 0.4) is 0 Å². The Balaban J connectivity index is 1.96. The Labute approximate surface area is 253 Å². The summed E-state index contributed by atoms with van der Waals surface area (Å²) in [4.78, 5) is 26.9. The molecular formula is C34H52O7P-. The minimum atomic E-state index is -4.76. The van der Waals surface area contributed by atoms with Gasteiger partial charge in [0.15, 0.2) is 5.60 Å². The third kappa shape index (κ3) is 9.54. The van der Waals surface area contributed by atoms with Gasteiger partial charge in [0.25, 0.3) is 7.82 Å². The highest BCUT2D eigenvalue weighted by atomic mass is 31.2. The van der Waals surface area contributed by atoms with Crippen molar-refractivity contribution < 1.29 is 33.1 Å². The SMILES string of the molecule is C=C(C)[C@@H]1CCC(C)=C[C@H]1c1c(O)cc(CCCCC)cc1OC(=O)C1(OP(=O)([O-])OCCCCCC)CCCCC1. The van der Waals surface area contributed by atoms with E-state index in [0.29, 0.717) is 24.8 Å². The molecule has 1 saturated carbocycles. The Morgan fingerprint density at radius 3 is 2.45 bits per heavy atom. The summed E-state index contributed by atoms with van der Waals surface area (Å²) in [7, 11) is -4.76. The number of hydrogen-bond acceptors (Lipinski definition) is 7. The summed E-state index contributed by atoms with van der Waals surface area (Å²) in [5.41, 5.74) is 1.97. The number of phosphoric acid groups is 1. The van der Waals surface area contributed by atoms with Gasteiger partial charge in [0.1, 0.15) is 11.5 Å². The summed E-state index contributed by atoms with van der Waals surface area (Å²) in [6, 6.07) is 3.62. The fourth-order valence-electron chi connectivity index (χ4n) is 6.31. The maximum absolute atomic E-state index is 14.0. The van der Waals surface area contributed by atoms with Gasteiger partial charge in [-0.1, -0.05) is 76.2 Å². The van der Waals surface area contributed by atoms with E-state index in [2.05, 4.69) is 33.4 Å². The molecule has 8 heteroatoms. The smallest absolute Gasteiger partial charge is 0.344 e. The van der Waals surface area contributed by atoms with E-state index in [-0.39, 0.29) is 42.8 Å². The molecule has 0 amide bonds. The van der Waals surface area contributed by atoms with Gasteiger partial charge in [-0.25, -0.2) is 4.79 Å². The Kier molecular flexibility index (Phi) is 13.4.